The molecule has 3 aromatic rings. The first-order chi connectivity index (χ1) is 8.70. The third kappa shape index (κ3) is 2.42. The van der Waals surface area contributed by atoms with E-state index in [0.29, 0.717) is 0 Å². The number of aromatic nitrogens is 1. The number of hydrogen-bond donors (Lipinski definition) is 1. The van der Waals surface area contributed by atoms with E-state index in [1.807, 2.05) is 11.3 Å². The number of hydrogen-bond acceptors (Lipinski definition) is 1. The third-order valence-corrected chi connectivity index (χ3v) is 4.25. The number of halogens is 1. The molecule has 0 radical (unpaired) electrons. The predicted octanol–water partition coefficient (Wildman–Crippen LogP) is 5.47. The van der Waals surface area contributed by atoms with Crippen LogP contribution in [0.2, 0.25) is 0 Å². The first kappa shape index (κ1) is 11.8. The van der Waals surface area contributed by atoms with Crippen molar-refractivity contribution in [3.63, 3.8) is 0 Å². The molecule has 0 spiro atoms. The minimum atomic E-state index is 1.10. The van der Waals surface area contributed by atoms with Crippen molar-refractivity contribution < 1.29 is 0 Å². The molecule has 0 fully saturated rings. The number of nitrogens with one attached hydrogen (secondary N) is 1. The van der Waals surface area contributed by atoms with Gasteiger partial charge in [-0.3, -0.25) is 0 Å². The molecular formula is C15H12BrNS. The maximum absolute atomic E-state index is 3.48. The Morgan fingerprint density at radius 3 is 2.78 bits per heavy atom. The van der Waals surface area contributed by atoms with Crippen LogP contribution >= 0.6 is 27.3 Å². The highest BCUT2D eigenvalue weighted by atomic mass is 79.9. The number of benzene rings is 1. The van der Waals surface area contributed by atoms with Gasteiger partial charge in [0.2, 0.25) is 0 Å². The Balaban J connectivity index is 1.93. The van der Waals surface area contributed by atoms with Gasteiger partial charge in [-0.25, -0.2) is 0 Å². The van der Waals surface area contributed by atoms with Gasteiger partial charge < -0.3 is 4.98 Å². The number of rotatable bonds is 2. The van der Waals surface area contributed by atoms with E-state index in [0.717, 1.165) is 15.7 Å². The van der Waals surface area contributed by atoms with E-state index in [1.54, 1.807) is 0 Å². The van der Waals surface area contributed by atoms with Crippen LogP contribution in [0.15, 0.2) is 40.9 Å². The molecule has 2 heterocycles. The Morgan fingerprint density at radius 1 is 1.11 bits per heavy atom. The largest absolute Gasteiger partial charge is 0.355 e. The highest BCUT2D eigenvalue weighted by molar-refractivity contribution is 9.10. The van der Waals surface area contributed by atoms with Crippen LogP contribution in [0.3, 0.4) is 0 Å². The normalized spacial score (nSPS) is 11.7. The first-order valence-electron chi connectivity index (χ1n) is 5.73. The van der Waals surface area contributed by atoms with Gasteiger partial charge in [0.25, 0.3) is 0 Å². The van der Waals surface area contributed by atoms with Crippen molar-refractivity contribution in [3.05, 3.63) is 56.3 Å². The van der Waals surface area contributed by atoms with Gasteiger partial charge in [0.05, 0.1) is 0 Å². The Labute approximate surface area is 118 Å². The summed E-state index contributed by atoms with van der Waals surface area (Å²) < 4.78 is 1.10. The first-order valence-corrected chi connectivity index (χ1v) is 7.34. The zero-order valence-corrected chi connectivity index (χ0v) is 12.3. The molecule has 0 saturated carbocycles. The highest BCUT2D eigenvalue weighted by Gasteiger charge is 1.99. The van der Waals surface area contributed by atoms with E-state index in [2.05, 4.69) is 76.4 Å². The SMILES string of the molecule is Cc1ccc(C=Cc2cc3ccc(Br)cc3[nH]2)s1. The second-order valence-corrected chi connectivity index (χ2v) is 6.47. The molecule has 0 atom stereocenters. The summed E-state index contributed by atoms with van der Waals surface area (Å²) in [6.45, 7) is 2.13. The molecule has 0 aliphatic carbocycles. The van der Waals surface area contributed by atoms with Crippen molar-refractivity contribution >= 4 is 50.3 Å². The zero-order chi connectivity index (χ0) is 12.5. The maximum Gasteiger partial charge on any atom is 0.0469 e. The summed E-state index contributed by atoms with van der Waals surface area (Å²) in [5, 5.41) is 1.24. The molecule has 0 aliphatic heterocycles. The number of thiophene rings is 1. The minimum Gasteiger partial charge on any atom is -0.355 e. The van der Waals surface area contributed by atoms with Crippen molar-refractivity contribution in [1.29, 1.82) is 0 Å². The molecule has 18 heavy (non-hydrogen) atoms. The van der Waals surface area contributed by atoms with Crippen molar-refractivity contribution in [2.24, 2.45) is 0 Å². The second kappa shape index (κ2) is 4.75. The van der Waals surface area contributed by atoms with Gasteiger partial charge in [-0.1, -0.05) is 22.0 Å². The Hall–Kier alpha value is -1.32. The minimum absolute atomic E-state index is 1.10. The van der Waals surface area contributed by atoms with Gasteiger partial charge in [0.1, 0.15) is 0 Å². The van der Waals surface area contributed by atoms with Gasteiger partial charge in [0.15, 0.2) is 0 Å². The van der Waals surface area contributed by atoms with Crippen LogP contribution < -0.4 is 0 Å². The van der Waals surface area contributed by atoms with Gasteiger partial charge in [-0.05, 0) is 49.4 Å². The lowest BCUT2D eigenvalue weighted by Crippen LogP contribution is -1.69. The van der Waals surface area contributed by atoms with Crippen LogP contribution in [0.4, 0.5) is 0 Å². The number of aromatic amines is 1. The smallest absolute Gasteiger partial charge is 0.0469 e. The molecule has 1 N–H and O–H groups in total. The molecule has 0 saturated heterocycles. The average Bonchev–Trinajstić information content (AvgIpc) is 2.92. The molecule has 0 bridgehead atoms. The van der Waals surface area contributed by atoms with Crippen LogP contribution in [0.25, 0.3) is 23.1 Å². The quantitative estimate of drug-likeness (QED) is 0.645. The Kier molecular flexibility index (Phi) is 3.10. The van der Waals surface area contributed by atoms with E-state index >= 15 is 0 Å². The summed E-state index contributed by atoms with van der Waals surface area (Å²) in [5.74, 6) is 0. The lowest BCUT2D eigenvalue weighted by atomic mass is 10.2. The zero-order valence-electron chi connectivity index (χ0n) is 9.91. The summed E-state index contributed by atoms with van der Waals surface area (Å²) in [5.41, 5.74) is 2.29. The van der Waals surface area contributed by atoms with Crippen LogP contribution in [0, 0.1) is 6.92 Å². The van der Waals surface area contributed by atoms with Crippen LogP contribution in [-0.4, -0.2) is 4.98 Å². The molecule has 1 aromatic carbocycles. The lowest BCUT2D eigenvalue weighted by molar-refractivity contribution is 1.43. The monoisotopic (exact) mass is 317 g/mol. The highest BCUT2D eigenvalue weighted by Crippen LogP contribution is 2.22. The van der Waals surface area contributed by atoms with Gasteiger partial charge in [0, 0.05) is 30.8 Å². The third-order valence-electron chi connectivity index (χ3n) is 2.79. The van der Waals surface area contributed by atoms with E-state index < -0.39 is 0 Å². The number of H-pyrrole nitrogens is 1. The van der Waals surface area contributed by atoms with Crippen molar-refractivity contribution in [2.75, 3.05) is 0 Å². The standard InChI is InChI=1S/C15H12BrNS/c1-10-2-6-14(18-10)7-5-13-8-11-3-4-12(16)9-15(11)17-13/h2-9,17H,1H3. The van der Waals surface area contributed by atoms with E-state index in [1.165, 1.54) is 15.1 Å². The maximum atomic E-state index is 3.48. The molecule has 90 valence electrons. The van der Waals surface area contributed by atoms with Gasteiger partial charge in [-0.15, -0.1) is 11.3 Å². The van der Waals surface area contributed by atoms with Crippen molar-refractivity contribution in [2.45, 2.75) is 6.92 Å². The summed E-state index contributed by atoms with van der Waals surface area (Å²) in [6, 6.07) is 12.7. The fourth-order valence-electron chi connectivity index (χ4n) is 1.93. The topological polar surface area (TPSA) is 15.8 Å². The predicted molar refractivity (Wildman–Crippen MR) is 84.0 cm³/mol. The molecule has 0 amide bonds. The van der Waals surface area contributed by atoms with E-state index in [-0.39, 0.29) is 0 Å². The van der Waals surface area contributed by atoms with Crippen LogP contribution in [-0.2, 0) is 0 Å². The number of aryl methyl sites for hydroxylation is 1. The molecule has 3 rings (SSSR count). The summed E-state index contributed by atoms with van der Waals surface area (Å²) in [6.07, 6.45) is 4.27. The summed E-state index contributed by atoms with van der Waals surface area (Å²) in [7, 11) is 0. The molecular weight excluding hydrogens is 306 g/mol. The molecule has 2 aromatic heterocycles. The second-order valence-electron chi connectivity index (χ2n) is 4.24. The fraction of sp³-hybridized carbons (Fsp3) is 0.0667. The van der Waals surface area contributed by atoms with Gasteiger partial charge in [-0.2, -0.15) is 0 Å². The van der Waals surface area contributed by atoms with Crippen LogP contribution in [0.5, 0.6) is 0 Å². The lowest BCUT2D eigenvalue weighted by Gasteiger charge is -1.89. The molecule has 3 heteroatoms. The van der Waals surface area contributed by atoms with Crippen LogP contribution in [0.1, 0.15) is 15.4 Å². The average molecular weight is 318 g/mol. The van der Waals surface area contributed by atoms with E-state index in [9.17, 15) is 0 Å². The summed E-state index contributed by atoms with van der Waals surface area (Å²) >= 11 is 5.29. The fourth-order valence-corrected chi connectivity index (χ4v) is 3.07. The van der Waals surface area contributed by atoms with Crippen molar-refractivity contribution in [3.8, 4) is 0 Å². The Bertz CT molecular complexity index is 721. The molecule has 1 nitrogen and oxygen atoms in total. The molecule has 0 aliphatic rings. The van der Waals surface area contributed by atoms with E-state index in [4.69, 9.17) is 0 Å². The Morgan fingerprint density at radius 2 is 2.00 bits per heavy atom. The van der Waals surface area contributed by atoms with Crippen molar-refractivity contribution in [1.82, 2.24) is 4.98 Å². The molecule has 0 unspecified atom stereocenters. The van der Waals surface area contributed by atoms with Gasteiger partial charge >= 0.3 is 0 Å². The number of fused-ring (bicyclic) bond motifs is 1. The summed E-state index contributed by atoms with van der Waals surface area (Å²) in [4.78, 5) is 6.03.